The van der Waals surface area contributed by atoms with E-state index in [-0.39, 0.29) is 11.2 Å². The molecule has 146 valence electrons. The molecule has 1 atom stereocenters. The van der Waals surface area contributed by atoms with E-state index in [0.29, 0.717) is 23.8 Å². The van der Waals surface area contributed by atoms with E-state index >= 15 is 0 Å². The molecule has 1 N–H and O–H groups in total. The van der Waals surface area contributed by atoms with E-state index in [9.17, 15) is 10.1 Å². The number of hydrogen-bond acceptors (Lipinski definition) is 6. The zero-order valence-electron chi connectivity index (χ0n) is 15.7. The van der Waals surface area contributed by atoms with E-state index in [1.807, 2.05) is 25.1 Å². The zero-order chi connectivity index (χ0) is 19.5. The Morgan fingerprint density at radius 1 is 1.21 bits per heavy atom. The number of nitrogens with zero attached hydrogens (tertiary/aromatic N) is 1. The molecule has 1 aromatic heterocycles. The van der Waals surface area contributed by atoms with Gasteiger partial charge in [0.15, 0.2) is 11.5 Å². The summed E-state index contributed by atoms with van der Waals surface area (Å²) in [6.45, 7) is 2.98. The van der Waals surface area contributed by atoms with Crippen molar-refractivity contribution in [2.24, 2.45) is 0 Å². The van der Waals surface area contributed by atoms with E-state index in [1.165, 1.54) is 23.1 Å². The van der Waals surface area contributed by atoms with Gasteiger partial charge in [0.25, 0.3) is 0 Å². The van der Waals surface area contributed by atoms with Crippen LogP contribution in [-0.2, 0) is 17.6 Å². The fourth-order valence-corrected chi connectivity index (χ4v) is 5.66. The maximum absolute atomic E-state index is 12.8. The largest absolute Gasteiger partial charge is 0.486 e. The third kappa shape index (κ3) is 3.98. The predicted molar refractivity (Wildman–Crippen MR) is 112 cm³/mol. The highest BCUT2D eigenvalue weighted by Crippen LogP contribution is 2.38. The smallest absolute Gasteiger partial charge is 0.238 e. The lowest BCUT2D eigenvalue weighted by molar-refractivity contribution is -0.115. The highest BCUT2D eigenvalue weighted by Gasteiger charge is 2.23. The summed E-state index contributed by atoms with van der Waals surface area (Å²) < 4.78 is 11.2. The van der Waals surface area contributed by atoms with Crippen molar-refractivity contribution in [2.45, 2.75) is 49.2 Å². The fourth-order valence-electron chi connectivity index (χ4n) is 3.52. The van der Waals surface area contributed by atoms with Crippen molar-refractivity contribution in [3.8, 4) is 17.6 Å². The molecule has 0 saturated carbocycles. The van der Waals surface area contributed by atoms with Crippen molar-refractivity contribution < 1.29 is 14.3 Å². The van der Waals surface area contributed by atoms with Gasteiger partial charge < -0.3 is 14.8 Å². The summed E-state index contributed by atoms with van der Waals surface area (Å²) >= 11 is 3.04. The van der Waals surface area contributed by atoms with Crippen LogP contribution in [0.3, 0.4) is 0 Å². The minimum absolute atomic E-state index is 0.0900. The first-order valence-electron chi connectivity index (χ1n) is 9.57. The van der Waals surface area contributed by atoms with Gasteiger partial charge in [-0.3, -0.25) is 4.79 Å². The summed E-state index contributed by atoms with van der Waals surface area (Å²) in [7, 11) is 0. The van der Waals surface area contributed by atoms with E-state index in [2.05, 4.69) is 11.4 Å². The van der Waals surface area contributed by atoms with Crippen LogP contribution in [0.1, 0.15) is 42.2 Å². The number of amides is 1. The number of hydrogen-bond donors (Lipinski definition) is 1. The van der Waals surface area contributed by atoms with Crippen LogP contribution >= 0.6 is 23.1 Å². The molecule has 1 aliphatic heterocycles. The molecule has 1 amide bonds. The molecule has 1 aliphatic carbocycles. The third-order valence-corrected chi connectivity index (χ3v) is 7.27. The number of fused-ring (bicyclic) bond motifs is 2. The Bertz CT molecular complexity index is 932. The first-order chi connectivity index (χ1) is 13.7. The van der Waals surface area contributed by atoms with Gasteiger partial charge in [-0.25, -0.2) is 0 Å². The molecule has 2 aromatic rings. The van der Waals surface area contributed by atoms with Crippen LogP contribution in [0.5, 0.6) is 11.5 Å². The molecule has 0 spiro atoms. The first kappa shape index (κ1) is 19.2. The summed E-state index contributed by atoms with van der Waals surface area (Å²) in [4.78, 5) is 15.0. The van der Waals surface area contributed by atoms with Crippen molar-refractivity contribution >= 4 is 34.0 Å². The lowest BCUT2D eigenvalue weighted by atomic mass is 10.1. The standard InChI is InChI=1S/C21H22N2O3S2/c1-13(27-14-7-8-17-18(11-14)26-10-9-25-17)20(24)23-21-16(12-22)15-5-3-2-4-6-19(15)28-21/h7-8,11,13H,2-6,9-10H2,1H3,(H,23,24). The molecule has 28 heavy (non-hydrogen) atoms. The van der Waals surface area contributed by atoms with Crippen LogP contribution in [0.25, 0.3) is 0 Å². The minimum Gasteiger partial charge on any atom is -0.486 e. The van der Waals surface area contributed by atoms with E-state index in [4.69, 9.17) is 9.47 Å². The highest BCUT2D eigenvalue weighted by atomic mass is 32.2. The van der Waals surface area contributed by atoms with Crippen LogP contribution in [0.15, 0.2) is 23.1 Å². The molecule has 1 unspecified atom stereocenters. The number of thiophene rings is 1. The predicted octanol–water partition coefficient (Wildman–Crippen LogP) is 4.78. The van der Waals surface area contributed by atoms with Gasteiger partial charge in [0, 0.05) is 9.77 Å². The molecule has 7 heteroatoms. The molecule has 0 saturated heterocycles. The molecule has 2 heterocycles. The molecular weight excluding hydrogens is 392 g/mol. The molecule has 2 aliphatic rings. The lowest BCUT2D eigenvalue weighted by Gasteiger charge is -2.19. The van der Waals surface area contributed by atoms with Crippen LogP contribution in [0.4, 0.5) is 5.00 Å². The summed E-state index contributed by atoms with van der Waals surface area (Å²) in [5, 5.41) is 13.0. The molecule has 0 radical (unpaired) electrons. The second-order valence-corrected chi connectivity index (χ2v) is 9.45. The topological polar surface area (TPSA) is 71.3 Å². The number of aryl methyl sites for hydroxylation is 1. The number of ether oxygens (including phenoxy) is 2. The number of anilines is 1. The van der Waals surface area contributed by atoms with E-state index in [1.54, 1.807) is 11.3 Å². The summed E-state index contributed by atoms with van der Waals surface area (Å²) in [6, 6.07) is 8.05. The Balaban J connectivity index is 1.46. The third-order valence-electron chi connectivity index (χ3n) is 4.97. The lowest BCUT2D eigenvalue weighted by Crippen LogP contribution is -2.22. The molecule has 5 nitrogen and oxygen atoms in total. The Labute approximate surface area is 173 Å². The summed E-state index contributed by atoms with van der Waals surface area (Å²) in [5.74, 6) is 1.37. The van der Waals surface area contributed by atoms with Crippen molar-refractivity contribution in [1.82, 2.24) is 0 Å². The second-order valence-electron chi connectivity index (χ2n) is 6.94. The number of nitrogens with one attached hydrogen (secondary N) is 1. The van der Waals surface area contributed by atoms with Crippen LogP contribution < -0.4 is 14.8 Å². The first-order valence-corrected chi connectivity index (χ1v) is 11.3. The molecular formula is C21H22N2O3S2. The average Bonchev–Trinajstić information content (AvgIpc) is 2.86. The SMILES string of the molecule is CC(Sc1ccc2c(c1)OCCO2)C(=O)Nc1sc2c(c1C#N)CCCCC2. The maximum atomic E-state index is 12.8. The van der Waals surface area contributed by atoms with Crippen LogP contribution in [0, 0.1) is 11.3 Å². The van der Waals surface area contributed by atoms with Gasteiger partial charge in [-0.1, -0.05) is 6.42 Å². The van der Waals surface area contributed by atoms with Gasteiger partial charge in [0.05, 0.1) is 10.8 Å². The Morgan fingerprint density at radius 3 is 2.82 bits per heavy atom. The number of nitriles is 1. The van der Waals surface area contributed by atoms with Gasteiger partial charge in [0.2, 0.25) is 5.91 Å². The van der Waals surface area contributed by atoms with Crippen molar-refractivity contribution in [2.75, 3.05) is 18.5 Å². The van der Waals surface area contributed by atoms with Gasteiger partial charge in [0.1, 0.15) is 24.3 Å². The van der Waals surface area contributed by atoms with Crippen molar-refractivity contribution in [3.05, 3.63) is 34.2 Å². The summed E-state index contributed by atoms with van der Waals surface area (Å²) in [6.07, 6.45) is 5.42. The van der Waals surface area contributed by atoms with Crippen LogP contribution in [-0.4, -0.2) is 24.4 Å². The number of carbonyl (C=O) groups is 1. The highest BCUT2D eigenvalue weighted by molar-refractivity contribution is 8.00. The quantitative estimate of drug-likeness (QED) is 0.576. The van der Waals surface area contributed by atoms with E-state index < -0.39 is 0 Å². The zero-order valence-corrected chi connectivity index (χ0v) is 17.4. The average molecular weight is 415 g/mol. The minimum atomic E-state index is -0.295. The fraction of sp³-hybridized carbons (Fsp3) is 0.429. The number of carbonyl (C=O) groups excluding carboxylic acids is 1. The molecule has 0 fully saturated rings. The van der Waals surface area contributed by atoms with Gasteiger partial charge >= 0.3 is 0 Å². The normalized spacial score (nSPS) is 16.4. The molecule has 4 rings (SSSR count). The van der Waals surface area contributed by atoms with Crippen LogP contribution in [0.2, 0.25) is 0 Å². The summed E-state index contributed by atoms with van der Waals surface area (Å²) in [5.41, 5.74) is 1.80. The van der Waals surface area contributed by atoms with Gasteiger partial charge in [-0.15, -0.1) is 23.1 Å². The van der Waals surface area contributed by atoms with Gasteiger partial charge in [-0.2, -0.15) is 5.26 Å². The molecule has 1 aromatic carbocycles. The van der Waals surface area contributed by atoms with Gasteiger partial charge in [-0.05, 0) is 56.4 Å². The number of thioether (sulfide) groups is 1. The molecule has 0 bridgehead atoms. The Morgan fingerprint density at radius 2 is 2.00 bits per heavy atom. The maximum Gasteiger partial charge on any atom is 0.238 e. The Hall–Kier alpha value is -2.17. The number of benzene rings is 1. The van der Waals surface area contributed by atoms with E-state index in [0.717, 1.165) is 47.6 Å². The number of rotatable bonds is 4. The Kier molecular flexibility index (Phi) is 5.79. The monoisotopic (exact) mass is 414 g/mol. The van der Waals surface area contributed by atoms with Crippen molar-refractivity contribution in [1.29, 1.82) is 5.26 Å². The second kappa shape index (κ2) is 8.46. The van der Waals surface area contributed by atoms with Crippen molar-refractivity contribution in [3.63, 3.8) is 0 Å².